The first kappa shape index (κ1) is 13.2. The number of aromatic nitrogens is 1. The van der Waals surface area contributed by atoms with Crippen molar-refractivity contribution in [2.24, 2.45) is 0 Å². The second kappa shape index (κ2) is 6.05. The van der Waals surface area contributed by atoms with Crippen molar-refractivity contribution in [1.29, 1.82) is 0 Å². The monoisotopic (exact) mass is 230 g/mol. The third-order valence-electron chi connectivity index (χ3n) is 2.52. The van der Waals surface area contributed by atoms with Gasteiger partial charge in [0.1, 0.15) is 0 Å². The van der Waals surface area contributed by atoms with Crippen LogP contribution in [0.25, 0.3) is 0 Å². The summed E-state index contributed by atoms with van der Waals surface area (Å²) in [7, 11) is 0. The van der Waals surface area contributed by atoms with E-state index in [9.17, 15) is 4.79 Å². The van der Waals surface area contributed by atoms with Gasteiger partial charge in [-0.3, -0.25) is 9.78 Å². The van der Waals surface area contributed by atoms with Gasteiger partial charge in [-0.05, 0) is 32.4 Å². The van der Waals surface area contributed by atoms with Gasteiger partial charge >= 0.3 is 0 Å². The second-order valence-electron chi connectivity index (χ2n) is 4.02. The van der Waals surface area contributed by atoms with E-state index in [2.05, 4.69) is 10.9 Å². The van der Waals surface area contributed by atoms with Gasteiger partial charge in [-0.25, -0.2) is 0 Å². The molecular formula is C14H18N2O. The lowest BCUT2D eigenvalue weighted by atomic mass is 10.1. The molecule has 0 aliphatic rings. The van der Waals surface area contributed by atoms with Gasteiger partial charge in [-0.1, -0.05) is 12.8 Å². The van der Waals surface area contributed by atoms with Crippen LogP contribution in [0.1, 0.15) is 35.1 Å². The van der Waals surface area contributed by atoms with Crippen LogP contribution in [0.5, 0.6) is 0 Å². The second-order valence-corrected chi connectivity index (χ2v) is 4.02. The number of carbonyl (C=O) groups is 1. The Bertz CT molecular complexity index is 446. The Hall–Kier alpha value is -1.82. The van der Waals surface area contributed by atoms with Gasteiger partial charge in [-0.2, -0.15) is 0 Å². The lowest BCUT2D eigenvalue weighted by molar-refractivity contribution is 0.0775. The molecule has 0 aliphatic carbocycles. The van der Waals surface area contributed by atoms with Crippen molar-refractivity contribution in [3.63, 3.8) is 0 Å². The lowest BCUT2D eigenvalue weighted by Gasteiger charge is -2.20. The minimum absolute atomic E-state index is 0.0326. The third kappa shape index (κ3) is 3.32. The SMILES string of the molecule is C#CCN(CCC)C(=O)c1ccc(C)nc1C. The zero-order chi connectivity index (χ0) is 12.8. The molecule has 17 heavy (non-hydrogen) atoms. The maximum Gasteiger partial charge on any atom is 0.256 e. The number of pyridine rings is 1. The molecule has 3 heteroatoms. The number of hydrogen-bond donors (Lipinski definition) is 0. The largest absolute Gasteiger partial charge is 0.327 e. The summed E-state index contributed by atoms with van der Waals surface area (Å²) < 4.78 is 0. The average Bonchev–Trinajstić information content (AvgIpc) is 2.28. The molecule has 1 rings (SSSR count). The minimum atomic E-state index is -0.0326. The molecule has 0 radical (unpaired) electrons. The van der Waals surface area contributed by atoms with E-state index in [0.29, 0.717) is 18.7 Å². The van der Waals surface area contributed by atoms with E-state index in [4.69, 9.17) is 6.42 Å². The zero-order valence-electron chi connectivity index (χ0n) is 10.7. The van der Waals surface area contributed by atoms with Gasteiger partial charge in [0.15, 0.2) is 0 Å². The fourth-order valence-electron chi connectivity index (χ4n) is 1.72. The van der Waals surface area contributed by atoms with Gasteiger partial charge in [0, 0.05) is 12.2 Å². The molecule has 0 saturated heterocycles. The van der Waals surface area contributed by atoms with Crippen LogP contribution >= 0.6 is 0 Å². The fraction of sp³-hybridized carbons (Fsp3) is 0.429. The van der Waals surface area contributed by atoms with Crippen LogP contribution in [-0.2, 0) is 0 Å². The molecule has 1 aromatic heterocycles. The Morgan fingerprint density at radius 3 is 2.71 bits per heavy atom. The molecule has 1 heterocycles. The predicted octanol–water partition coefficient (Wildman–Crippen LogP) is 2.18. The number of hydrogen-bond acceptors (Lipinski definition) is 2. The molecule has 0 N–H and O–H groups in total. The van der Waals surface area contributed by atoms with Crippen molar-refractivity contribution in [1.82, 2.24) is 9.88 Å². The first-order chi connectivity index (χ1) is 8.10. The van der Waals surface area contributed by atoms with E-state index in [1.165, 1.54) is 0 Å². The summed E-state index contributed by atoms with van der Waals surface area (Å²) in [6.45, 7) is 6.81. The summed E-state index contributed by atoms with van der Waals surface area (Å²) in [5.41, 5.74) is 2.31. The van der Waals surface area contributed by atoms with Crippen molar-refractivity contribution in [2.45, 2.75) is 27.2 Å². The molecule has 0 atom stereocenters. The molecule has 0 spiro atoms. The van der Waals surface area contributed by atoms with Gasteiger partial charge in [0.2, 0.25) is 0 Å². The molecule has 0 saturated carbocycles. The fourth-order valence-corrected chi connectivity index (χ4v) is 1.72. The molecule has 1 amide bonds. The quantitative estimate of drug-likeness (QED) is 0.743. The smallest absolute Gasteiger partial charge is 0.256 e. The Labute approximate surface area is 103 Å². The standard InChI is InChI=1S/C14H18N2O/c1-5-9-16(10-6-2)14(17)13-8-7-11(3)15-12(13)4/h1,7-8H,6,9-10H2,2-4H3. The number of nitrogens with zero attached hydrogens (tertiary/aromatic N) is 2. The van der Waals surface area contributed by atoms with Crippen LogP contribution in [0, 0.1) is 26.2 Å². The normalized spacial score (nSPS) is 9.76. The van der Waals surface area contributed by atoms with Gasteiger partial charge < -0.3 is 4.90 Å². The summed E-state index contributed by atoms with van der Waals surface area (Å²) in [4.78, 5) is 18.2. The van der Waals surface area contributed by atoms with Crippen molar-refractivity contribution < 1.29 is 4.79 Å². The van der Waals surface area contributed by atoms with Crippen molar-refractivity contribution in [3.05, 3.63) is 29.1 Å². The molecule has 0 unspecified atom stereocenters. The highest BCUT2D eigenvalue weighted by Gasteiger charge is 2.16. The lowest BCUT2D eigenvalue weighted by Crippen LogP contribution is -2.32. The summed E-state index contributed by atoms with van der Waals surface area (Å²) in [5, 5.41) is 0. The maximum absolute atomic E-state index is 12.2. The molecule has 3 nitrogen and oxygen atoms in total. The molecule has 0 aromatic carbocycles. The zero-order valence-corrected chi connectivity index (χ0v) is 10.7. The third-order valence-corrected chi connectivity index (χ3v) is 2.52. The predicted molar refractivity (Wildman–Crippen MR) is 68.7 cm³/mol. The van der Waals surface area contributed by atoms with Crippen LogP contribution in [0.15, 0.2) is 12.1 Å². The highest BCUT2D eigenvalue weighted by atomic mass is 16.2. The molecule has 90 valence electrons. The number of aryl methyl sites for hydroxylation is 2. The Kier molecular flexibility index (Phi) is 4.71. The van der Waals surface area contributed by atoms with E-state index in [1.807, 2.05) is 32.9 Å². The average molecular weight is 230 g/mol. The van der Waals surface area contributed by atoms with Crippen LogP contribution in [0.2, 0.25) is 0 Å². The summed E-state index contributed by atoms with van der Waals surface area (Å²) >= 11 is 0. The molecule has 0 aliphatic heterocycles. The van der Waals surface area contributed by atoms with Crippen molar-refractivity contribution >= 4 is 5.91 Å². The van der Waals surface area contributed by atoms with E-state index < -0.39 is 0 Å². The van der Waals surface area contributed by atoms with E-state index in [1.54, 1.807) is 4.90 Å². The van der Waals surface area contributed by atoms with E-state index in [-0.39, 0.29) is 5.91 Å². The number of terminal acetylenes is 1. The van der Waals surface area contributed by atoms with Gasteiger partial charge in [0.25, 0.3) is 5.91 Å². The molecule has 0 bridgehead atoms. The van der Waals surface area contributed by atoms with Crippen LogP contribution in [0.4, 0.5) is 0 Å². The molecule has 0 fully saturated rings. The Morgan fingerprint density at radius 1 is 1.47 bits per heavy atom. The highest BCUT2D eigenvalue weighted by molar-refractivity contribution is 5.95. The summed E-state index contributed by atoms with van der Waals surface area (Å²) in [6, 6.07) is 3.67. The minimum Gasteiger partial charge on any atom is -0.327 e. The number of carbonyl (C=O) groups excluding carboxylic acids is 1. The van der Waals surface area contributed by atoms with Crippen molar-refractivity contribution in [2.75, 3.05) is 13.1 Å². The Morgan fingerprint density at radius 2 is 2.18 bits per heavy atom. The number of amides is 1. The first-order valence-corrected chi connectivity index (χ1v) is 5.77. The molecular weight excluding hydrogens is 212 g/mol. The van der Waals surface area contributed by atoms with Gasteiger partial charge in [0.05, 0.1) is 17.8 Å². The van der Waals surface area contributed by atoms with Crippen LogP contribution in [0.3, 0.4) is 0 Å². The van der Waals surface area contributed by atoms with E-state index >= 15 is 0 Å². The first-order valence-electron chi connectivity index (χ1n) is 5.77. The van der Waals surface area contributed by atoms with Crippen LogP contribution in [-0.4, -0.2) is 28.9 Å². The van der Waals surface area contributed by atoms with E-state index in [0.717, 1.165) is 17.8 Å². The Balaban J connectivity index is 2.97. The summed E-state index contributed by atoms with van der Waals surface area (Å²) in [5.74, 6) is 2.49. The highest BCUT2D eigenvalue weighted by Crippen LogP contribution is 2.10. The molecule has 1 aromatic rings. The van der Waals surface area contributed by atoms with Gasteiger partial charge in [-0.15, -0.1) is 6.42 Å². The summed E-state index contributed by atoms with van der Waals surface area (Å²) in [6.07, 6.45) is 6.17. The maximum atomic E-state index is 12.2. The van der Waals surface area contributed by atoms with Crippen molar-refractivity contribution in [3.8, 4) is 12.3 Å². The number of rotatable bonds is 4. The van der Waals surface area contributed by atoms with Crippen LogP contribution < -0.4 is 0 Å². The topological polar surface area (TPSA) is 33.2 Å².